The van der Waals surface area contributed by atoms with Crippen LogP contribution in [0.2, 0.25) is 0 Å². The summed E-state index contributed by atoms with van der Waals surface area (Å²) in [4.78, 5) is 6.95. The van der Waals surface area contributed by atoms with Crippen molar-refractivity contribution in [3.05, 3.63) is 28.6 Å². The van der Waals surface area contributed by atoms with E-state index in [4.69, 9.17) is 0 Å². The van der Waals surface area contributed by atoms with E-state index in [1.165, 1.54) is 0 Å². The Kier molecular flexibility index (Phi) is 2.36. The van der Waals surface area contributed by atoms with Crippen molar-refractivity contribution in [2.24, 2.45) is 0 Å². The Bertz CT molecular complexity index is 542. The van der Waals surface area contributed by atoms with Gasteiger partial charge in [-0.15, -0.1) is 0 Å². The highest BCUT2D eigenvalue weighted by Gasteiger charge is 2.25. The highest BCUT2D eigenvalue weighted by Crippen LogP contribution is 2.32. The molecule has 3 nitrogen and oxygen atoms in total. The van der Waals surface area contributed by atoms with Crippen molar-refractivity contribution in [3.8, 4) is 0 Å². The first-order chi connectivity index (χ1) is 8.22. The van der Waals surface area contributed by atoms with Crippen molar-refractivity contribution in [2.45, 2.75) is 25.8 Å². The molecule has 0 unspecified atom stereocenters. The second kappa shape index (κ2) is 3.77. The molecule has 0 radical (unpaired) electrons. The van der Waals surface area contributed by atoms with Crippen molar-refractivity contribution in [2.75, 3.05) is 7.05 Å². The SMILES string of the molecule is CNCc1nc2c(F)c3c(c(F)c2[nH]1)CCC3. The van der Waals surface area contributed by atoms with Gasteiger partial charge in [0.2, 0.25) is 0 Å². The van der Waals surface area contributed by atoms with Crippen LogP contribution in [0.3, 0.4) is 0 Å². The van der Waals surface area contributed by atoms with Gasteiger partial charge in [0.05, 0.1) is 6.54 Å². The molecule has 0 saturated carbocycles. The summed E-state index contributed by atoms with van der Waals surface area (Å²) in [5, 5.41) is 2.90. The molecular formula is C12H13F2N3. The van der Waals surface area contributed by atoms with E-state index in [1.807, 2.05) is 0 Å². The van der Waals surface area contributed by atoms with E-state index in [0.717, 1.165) is 6.42 Å². The summed E-state index contributed by atoms with van der Waals surface area (Å²) in [7, 11) is 1.76. The van der Waals surface area contributed by atoms with Crippen LogP contribution in [0.25, 0.3) is 11.0 Å². The van der Waals surface area contributed by atoms with Crippen molar-refractivity contribution in [3.63, 3.8) is 0 Å². The minimum absolute atomic E-state index is 0.133. The van der Waals surface area contributed by atoms with Gasteiger partial charge in [-0.3, -0.25) is 0 Å². The molecule has 1 heterocycles. The van der Waals surface area contributed by atoms with Crippen LogP contribution in [0.15, 0.2) is 0 Å². The Morgan fingerprint density at radius 1 is 1.24 bits per heavy atom. The summed E-state index contributed by atoms with van der Waals surface area (Å²) < 4.78 is 28.3. The quantitative estimate of drug-likeness (QED) is 0.839. The van der Waals surface area contributed by atoms with Crippen LogP contribution >= 0.6 is 0 Å². The predicted octanol–water partition coefficient (Wildman–Crippen LogP) is 2.05. The van der Waals surface area contributed by atoms with Gasteiger partial charge >= 0.3 is 0 Å². The number of aromatic nitrogens is 2. The van der Waals surface area contributed by atoms with Crippen LogP contribution in [-0.4, -0.2) is 17.0 Å². The van der Waals surface area contributed by atoms with Crippen LogP contribution in [0.4, 0.5) is 8.78 Å². The van der Waals surface area contributed by atoms with Crippen LogP contribution in [0.5, 0.6) is 0 Å². The molecule has 1 aliphatic rings. The fraction of sp³-hybridized carbons (Fsp3) is 0.417. The minimum Gasteiger partial charge on any atom is -0.338 e. The zero-order valence-electron chi connectivity index (χ0n) is 9.53. The third-order valence-electron chi connectivity index (χ3n) is 3.27. The Labute approximate surface area is 97.2 Å². The maximum absolute atomic E-state index is 14.1. The van der Waals surface area contributed by atoms with E-state index >= 15 is 0 Å². The number of hydrogen-bond donors (Lipinski definition) is 2. The van der Waals surface area contributed by atoms with E-state index in [1.54, 1.807) is 7.05 Å². The normalized spacial score (nSPS) is 14.5. The molecule has 0 spiro atoms. The molecule has 0 saturated heterocycles. The van der Waals surface area contributed by atoms with Gasteiger partial charge in [0.25, 0.3) is 0 Å². The Hall–Kier alpha value is -1.49. The van der Waals surface area contributed by atoms with Gasteiger partial charge in [0.1, 0.15) is 16.9 Å². The number of fused-ring (bicyclic) bond motifs is 2. The fourth-order valence-corrected chi connectivity index (χ4v) is 2.51. The highest BCUT2D eigenvalue weighted by atomic mass is 19.1. The first-order valence-corrected chi connectivity index (χ1v) is 5.74. The van der Waals surface area contributed by atoms with Crippen LogP contribution in [0, 0.1) is 11.6 Å². The van der Waals surface area contributed by atoms with Gasteiger partial charge in [0, 0.05) is 0 Å². The predicted molar refractivity (Wildman–Crippen MR) is 60.8 cm³/mol. The Morgan fingerprint density at radius 2 is 1.94 bits per heavy atom. The molecule has 1 aromatic heterocycles. The third-order valence-corrected chi connectivity index (χ3v) is 3.27. The number of rotatable bonds is 2. The minimum atomic E-state index is -0.354. The second-order valence-corrected chi connectivity index (χ2v) is 4.38. The second-order valence-electron chi connectivity index (χ2n) is 4.38. The average Bonchev–Trinajstić information content (AvgIpc) is 2.92. The summed E-state index contributed by atoms with van der Waals surface area (Å²) in [6.45, 7) is 0.470. The molecule has 2 N–H and O–H groups in total. The highest BCUT2D eigenvalue weighted by molar-refractivity contribution is 5.79. The largest absolute Gasteiger partial charge is 0.338 e. The number of halogens is 2. The maximum Gasteiger partial charge on any atom is 0.154 e. The maximum atomic E-state index is 14.1. The zero-order chi connectivity index (χ0) is 12.0. The van der Waals surface area contributed by atoms with Gasteiger partial charge < -0.3 is 10.3 Å². The van der Waals surface area contributed by atoms with Gasteiger partial charge in [0.15, 0.2) is 11.6 Å². The number of benzene rings is 1. The van der Waals surface area contributed by atoms with Gasteiger partial charge in [-0.25, -0.2) is 13.8 Å². The van der Waals surface area contributed by atoms with Gasteiger partial charge in [-0.05, 0) is 37.4 Å². The zero-order valence-corrected chi connectivity index (χ0v) is 9.53. The van der Waals surface area contributed by atoms with Crippen molar-refractivity contribution < 1.29 is 8.78 Å². The lowest BCUT2D eigenvalue weighted by Crippen LogP contribution is -2.06. The van der Waals surface area contributed by atoms with Gasteiger partial charge in [-0.1, -0.05) is 0 Å². The number of nitrogens with zero attached hydrogens (tertiary/aromatic N) is 1. The summed E-state index contributed by atoms with van der Waals surface area (Å²) in [6, 6.07) is 0. The topological polar surface area (TPSA) is 40.7 Å². The average molecular weight is 237 g/mol. The fourth-order valence-electron chi connectivity index (χ4n) is 2.51. The first kappa shape index (κ1) is 10.7. The standard InChI is InChI=1S/C12H13F2N3/c1-15-5-8-16-11-9(13)6-3-2-4-7(6)10(14)12(11)17-8/h15H,2-5H2,1H3,(H,16,17). The molecule has 90 valence electrons. The molecule has 0 fully saturated rings. The number of nitrogens with one attached hydrogen (secondary N) is 2. The third kappa shape index (κ3) is 1.45. The molecule has 2 aromatic rings. The molecule has 17 heavy (non-hydrogen) atoms. The molecule has 1 aromatic carbocycles. The van der Waals surface area contributed by atoms with Crippen LogP contribution in [-0.2, 0) is 19.4 Å². The van der Waals surface area contributed by atoms with E-state index in [0.29, 0.717) is 36.3 Å². The summed E-state index contributed by atoms with van der Waals surface area (Å²) in [5.41, 5.74) is 1.37. The molecule has 0 atom stereocenters. The molecule has 0 amide bonds. The van der Waals surface area contributed by atoms with Gasteiger partial charge in [-0.2, -0.15) is 0 Å². The summed E-state index contributed by atoms with van der Waals surface area (Å²) in [6.07, 6.45) is 2.05. The Balaban J connectivity index is 2.29. The van der Waals surface area contributed by atoms with E-state index in [-0.39, 0.29) is 22.7 Å². The lowest BCUT2D eigenvalue weighted by Gasteiger charge is -2.03. The van der Waals surface area contributed by atoms with E-state index in [9.17, 15) is 8.78 Å². The van der Waals surface area contributed by atoms with Crippen LogP contribution < -0.4 is 5.32 Å². The smallest absolute Gasteiger partial charge is 0.154 e. The van der Waals surface area contributed by atoms with Crippen molar-refractivity contribution in [1.29, 1.82) is 0 Å². The van der Waals surface area contributed by atoms with E-state index in [2.05, 4.69) is 15.3 Å². The molecule has 3 rings (SSSR count). The molecule has 5 heteroatoms. The number of H-pyrrole nitrogens is 1. The first-order valence-electron chi connectivity index (χ1n) is 5.74. The van der Waals surface area contributed by atoms with E-state index < -0.39 is 0 Å². The molecule has 0 bridgehead atoms. The monoisotopic (exact) mass is 237 g/mol. The van der Waals surface area contributed by atoms with Crippen molar-refractivity contribution >= 4 is 11.0 Å². The number of imidazole rings is 1. The summed E-state index contributed by atoms with van der Waals surface area (Å²) in [5.74, 6) is -0.125. The summed E-state index contributed by atoms with van der Waals surface area (Å²) >= 11 is 0. The Morgan fingerprint density at radius 3 is 2.65 bits per heavy atom. The molecule has 0 aliphatic heterocycles. The lowest BCUT2D eigenvalue weighted by molar-refractivity contribution is 0.600. The molecule has 1 aliphatic carbocycles. The van der Waals surface area contributed by atoms with Crippen molar-refractivity contribution in [1.82, 2.24) is 15.3 Å². The molecular weight excluding hydrogens is 224 g/mol. The van der Waals surface area contributed by atoms with Crippen LogP contribution in [0.1, 0.15) is 23.4 Å². The number of aromatic amines is 1. The number of hydrogen-bond acceptors (Lipinski definition) is 2. The lowest BCUT2D eigenvalue weighted by atomic mass is 10.1.